The number of aryl methyl sites for hydroxylation is 2. The summed E-state index contributed by atoms with van der Waals surface area (Å²) >= 11 is 0. The summed E-state index contributed by atoms with van der Waals surface area (Å²) < 4.78 is 98.4. The van der Waals surface area contributed by atoms with Crippen LogP contribution < -0.4 is 40.2 Å². The number of likely N-dealkylation sites (tertiary alicyclic amines) is 1. The molecule has 1 saturated heterocycles. The van der Waals surface area contributed by atoms with Gasteiger partial charge < -0.3 is 68.4 Å². The molecule has 0 radical (unpaired) electrons. The van der Waals surface area contributed by atoms with Crippen molar-refractivity contribution in [2.45, 2.75) is 52.1 Å². The topological polar surface area (TPSA) is 177 Å². The molecular weight excluding hydrogens is 993 g/mol. The predicted octanol–water partition coefficient (Wildman–Crippen LogP) is 8.68. The standard InChI is InChI=1S/C49H56F3N7O9.C6H12FN/c1-33-47(34(2)68-58-33)36-26-43(48(62-5)57-30-36)56-29-35-9-6-11-38(25-35)67-31-46(60)55-17-18-63-19-20-64-21-22-65-23-24-66-39-14-15-42(45(28-39)61-4)54-16-8-10-37-27-40-41(53-3)12-7-13-44(40)59(37)32-49(50,51)52;1-8-4-2-3-6(7)5-8/h6-7,9,11-15,25-28,30,53-54,56H,16-24,29,31-32H2,1-5H3,(H,55,60);6H,2-5H2,1H3. The minimum absolute atomic E-state index is 0.146. The number of carbonyl (C=O) groups excluding carboxylic acids is 1. The maximum absolute atomic E-state index is 13.4. The number of rotatable bonds is 26. The van der Waals surface area contributed by atoms with E-state index in [1.54, 1.807) is 68.9 Å². The first-order valence-corrected chi connectivity index (χ1v) is 24.9. The Morgan fingerprint density at radius 3 is 2.29 bits per heavy atom. The van der Waals surface area contributed by atoms with Gasteiger partial charge in [-0.1, -0.05) is 29.3 Å². The number of alkyl halides is 4. The molecule has 0 aliphatic carbocycles. The Morgan fingerprint density at radius 2 is 1.61 bits per heavy atom. The van der Waals surface area contributed by atoms with Gasteiger partial charge in [0.05, 0.1) is 88.7 Å². The second-order valence-electron chi connectivity index (χ2n) is 17.5. The van der Waals surface area contributed by atoms with E-state index in [2.05, 4.69) is 43.2 Å². The number of fused-ring (bicyclic) bond motifs is 1. The van der Waals surface area contributed by atoms with Crippen LogP contribution in [0.25, 0.3) is 22.0 Å². The quantitative estimate of drug-likeness (QED) is 0.0230. The number of carbonyl (C=O) groups is 1. The highest BCUT2D eigenvalue weighted by Crippen LogP contribution is 2.34. The third-order valence-electron chi connectivity index (χ3n) is 11.8. The van der Waals surface area contributed by atoms with Crippen molar-refractivity contribution in [3.05, 3.63) is 102 Å². The first-order valence-electron chi connectivity index (χ1n) is 24.9. The molecule has 1 aliphatic heterocycles. The largest absolute Gasteiger partial charge is 0.494 e. The Balaban J connectivity index is 0.00000107. The van der Waals surface area contributed by atoms with Crippen molar-refractivity contribution in [1.82, 2.24) is 24.9 Å². The third kappa shape index (κ3) is 18.2. The molecule has 0 spiro atoms. The molecule has 1 atom stereocenters. The number of nitrogens with one attached hydrogen (secondary N) is 4. The molecule has 3 aromatic carbocycles. The monoisotopic (exact) mass is 1060 g/mol. The average molecular weight is 1060 g/mol. The lowest BCUT2D eigenvalue weighted by atomic mass is 10.1. The smallest absolute Gasteiger partial charge is 0.406 e. The molecule has 7 rings (SSSR count). The highest BCUT2D eigenvalue weighted by atomic mass is 19.4. The van der Waals surface area contributed by atoms with Gasteiger partial charge in [-0.3, -0.25) is 4.79 Å². The van der Waals surface area contributed by atoms with Gasteiger partial charge in [-0.25, -0.2) is 9.37 Å². The molecule has 4 N–H and O–H groups in total. The van der Waals surface area contributed by atoms with Crippen LogP contribution in [0.15, 0.2) is 83.5 Å². The van der Waals surface area contributed by atoms with Gasteiger partial charge in [0.15, 0.2) is 6.61 Å². The number of nitrogens with zero attached hydrogens (tertiary/aromatic N) is 4. The van der Waals surface area contributed by atoms with Crippen molar-refractivity contribution in [3.63, 3.8) is 0 Å². The maximum atomic E-state index is 13.4. The Kier molecular flexibility index (Phi) is 22.7. The highest BCUT2D eigenvalue weighted by Gasteiger charge is 2.30. The van der Waals surface area contributed by atoms with Gasteiger partial charge in [0, 0.05) is 61.1 Å². The summed E-state index contributed by atoms with van der Waals surface area (Å²) in [6.45, 7) is 7.50. The van der Waals surface area contributed by atoms with E-state index < -0.39 is 18.9 Å². The minimum Gasteiger partial charge on any atom is -0.494 e. The van der Waals surface area contributed by atoms with Gasteiger partial charge in [-0.05, 0) is 100 Å². The van der Waals surface area contributed by atoms with Gasteiger partial charge in [-0.2, -0.15) is 13.2 Å². The van der Waals surface area contributed by atoms with E-state index in [-0.39, 0.29) is 24.8 Å². The number of hydrogen-bond donors (Lipinski definition) is 4. The van der Waals surface area contributed by atoms with Crippen molar-refractivity contribution < 1.29 is 60.0 Å². The van der Waals surface area contributed by atoms with E-state index in [4.69, 9.17) is 37.7 Å². The average Bonchev–Trinajstić information content (AvgIpc) is 3.95. The van der Waals surface area contributed by atoms with Crippen LogP contribution >= 0.6 is 0 Å². The predicted molar refractivity (Wildman–Crippen MR) is 284 cm³/mol. The Morgan fingerprint density at radius 1 is 0.855 bits per heavy atom. The fourth-order valence-corrected chi connectivity index (χ4v) is 8.18. The second-order valence-corrected chi connectivity index (χ2v) is 17.5. The normalized spacial score (nSPS) is 13.5. The van der Waals surface area contributed by atoms with Crippen molar-refractivity contribution in [2.24, 2.45) is 0 Å². The molecule has 410 valence electrons. The van der Waals surface area contributed by atoms with Crippen LogP contribution in [0.1, 0.15) is 35.6 Å². The molecule has 17 nitrogen and oxygen atoms in total. The highest BCUT2D eigenvalue weighted by molar-refractivity contribution is 5.94. The maximum Gasteiger partial charge on any atom is 0.406 e. The number of anilines is 3. The van der Waals surface area contributed by atoms with Crippen molar-refractivity contribution >= 4 is 33.9 Å². The molecule has 6 aromatic rings. The number of piperidine rings is 1. The van der Waals surface area contributed by atoms with Gasteiger partial charge in [-0.15, -0.1) is 0 Å². The summed E-state index contributed by atoms with van der Waals surface area (Å²) in [6, 6.07) is 21.5. The molecule has 1 aliphatic rings. The second kappa shape index (κ2) is 29.7. The summed E-state index contributed by atoms with van der Waals surface area (Å²) in [4.78, 5) is 18.9. The van der Waals surface area contributed by atoms with Gasteiger partial charge in [0.1, 0.15) is 42.3 Å². The molecule has 1 unspecified atom stereocenters. The van der Waals surface area contributed by atoms with Crippen LogP contribution in [0, 0.1) is 25.7 Å². The SMILES string of the molecule is CN1CCCC(F)C1.CNc1cccc2c1cc(C#CCNc1ccc(OCCOCCOCCOCCNC(=O)COc3cccc(CNc4cc(-c5c(C)noc5C)cnc4OC)c3)cc1OC)n2CC(F)(F)F. The van der Waals surface area contributed by atoms with Crippen LogP contribution in [0.2, 0.25) is 0 Å². The van der Waals surface area contributed by atoms with E-state index in [1.165, 1.54) is 11.7 Å². The number of pyridine rings is 1. The first kappa shape index (κ1) is 58.0. The van der Waals surface area contributed by atoms with Crippen LogP contribution in [-0.4, -0.2) is 145 Å². The summed E-state index contributed by atoms with van der Waals surface area (Å²) in [5.74, 6) is 8.35. The summed E-state index contributed by atoms with van der Waals surface area (Å²) in [6.07, 6.45) is -1.45. The molecule has 3 aromatic heterocycles. The molecule has 0 bridgehead atoms. The fraction of sp³-hybridized carbons (Fsp3) is 0.436. The molecule has 0 saturated carbocycles. The molecular formula is C55H68F4N8O9. The van der Waals surface area contributed by atoms with Gasteiger partial charge in [0.2, 0.25) is 5.88 Å². The van der Waals surface area contributed by atoms with Gasteiger partial charge in [0.25, 0.3) is 5.91 Å². The molecule has 1 fully saturated rings. The van der Waals surface area contributed by atoms with E-state index >= 15 is 0 Å². The van der Waals surface area contributed by atoms with E-state index in [0.717, 1.165) is 47.5 Å². The minimum atomic E-state index is -4.41. The molecule has 4 heterocycles. The van der Waals surface area contributed by atoms with Crippen molar-refractivity contribution in [3.8, 4) is 46.1 Å². The van der Waals surface area contributed by atoms with Gasteiger partial charge >= 0.3 is 6.18 Å². The number of hydrogen-bond acceptors (Lipinski definition) is 15. The van der Waals surface area contributed by atoms with E-state index in [0.29, 0.717) is 117 Å². The summed E-state index contributed by atoms with van der Waals surface area (Å²) in [5, 5.41) is 17.0. The number of halogens is 4. The van der Waals surface area contributed by atoms with Crippen LogP contribution in [0.4, 0.5) is 34.6 Å². The molecule has 76 heavy (non-hydrogen) atoms. The number of methoxy groups -OCH3 is 2. The number of ether oxygens (including phenoxy) is 7. The first-order chi connectivity index (χ1) is 36.7. The Bertz CT molecular complexity index is 2800. The zero-order chi connectivity index (χ0) is 54.3. The van der Waals surface area contributed by atoms with Crippen LogP contribution in [0.3, 0.4) is 0 Å². The summed E-state index contributed by atoms with van der Waals surface area (Å²) in [5.41, 5.74) is 6.24. The molecule has 21 heteroatoms. The third-order valence-corrected chi connectivity index (χ3v) is 11.8. The van der Waals surface area contributed by atoms with Crippen molar-refractivity contribution in [2.75, 3.05) is 123 Å². The van der Waals surface area contributed by atoms with Crippen LogP contribution in [0.5, 0.6) is 23.1 Å². The zero-order valence-electron chi connectivity index (χ0n) is 43.9. The lowest BCUT2D eigenvalue weighted by Gasteiger charge is -2.24. The Hall–Kier alpha value is -7.25. The van der Waals surface area contributed by atoms with E-state index in [9.17, 15) is 22.4 Å². The van der Waals surface area contributed by atoms with Crippen LogP contribution in [-0.2, 0) is 32.1 Å². The lowest BCUT2D eigenvalue weighted by molar-refractivity contribution is -0.140. The van der Waals surface area contributed by atoms with E-state index in [1.807, 2.05) is 50.1 Å². The number of amides is 1. The van der Waals surface area contributed by atoms with Crippen molar-refractivity contribution in [1.29, 1.82) is 0 Å². The lowest BCUT2D eigenvalue weighted by Crippen LogP contribution is -2.32. The molecule has 1 amide bonds. The zero-order valence-corrected chi connectivity index (χ0v) is 43.9. The number of aromatic nitrogens is 3. The summed E-state index contributed by atoms with van der Waals surface area (Å²) in [7, 11) is 6.77. The number of benzene rings is 3. The Labute approximate surface area is 440 Å². The fourth-order valence-electron chi connectivity index (χ4n) is 8.18.